The molecule has 1 aliphatic heterocycles. The van der Waals surface area contributed by atoms with Crippen LogP contribution in [0, 0.1) is 6.92 Å². The molecule has 1 saturated heterocycles. The van der Waals surface area contributed by atoms with Gasteiger partial charge in [0, 0.05) is 19.1 Å². The molecule has 24 heavy (non-hydrogen) atoms. The van der Waals surface area contributed by atoms with Gasteiger partial charge >= 0.3 is 0 Å². The molecule has 0 radical (unpaired) electrons. The third-order valence-electron chi connectivity index (χ3n) is 4.16. The smallest absolute Gasteiger partial charge is 0.266 e. The van der Waals surface area contributed by atoms with Gasteiger partial charge in [0.2, 0.25) is 5.91 Å². The van der Waals surface area contributed by atoms with Gasteiger partial charge in [-0.05, 0) is 46.2 Å². The van der Waals surface area contributed by atoms with Crippen molar-refractivity contribution in [3.63, 3.8) is 0 Å². The molecule has 6 heteroatoms. The van der Waals surface area contributed by atoms with E-state index in [9.17, 15) is 9.59 Å². The van der Waals surface area contributed by atoms with Crippen molar-refractivity contribution in [1.29, 1.82) is 0 Å². The number of aryl methyl sites for hydroxylation is 1. The molecule has 0 bridgehead atoms. The van der Waals surface area contributed by atoms with Crippen molar-refractivity contribution in [2.45, 2.75) is 51.8 Å². The average molecular weight is 333 g/mol. The number of ether oxygens (including phenoxy) is 1. The predicted octanol–water partition coefficient (Wildman–Crippen LogP) is 1.22. The highest BCUT2D eigenvalue weighted by Gasteiger charge is 2.44. The number of likely N-dealkylation sites (tertiary alicyclic amines) is 1. The number of carbonyl (C=O) groups is 2. The van der Waals surface area contributed by atoms with Crippen LogP contribution in [-0.2, 0) is 9.59 Å². The molecular formula is C18H27N3O3. The zero-order valence-corrected chi connectivity index (χ0v) is 14.8. The monoisotopic (exact) mass is 333 g/mol. The zero-order valence-electron chi connectivity index (χ0n) is 14.8. The third-order valence-corrected chi connectivity index (χ3v) is 4.16. The highest BCUT2D eigenvalue weighted by molar-refractivity contribution is 5.92. The van der Waals surface area contributed by atoms with Crippen LogP contribution in [0.15, 0.2) is 24.3 Å². The molecule has 0 unspecified atom stereocenters. The molecule has 0 saturated carbocycles. The van der Waals surface area contributed by atoms with Gasteiger partial charge in [-0.2, -0.15) is 0 Å². The topological polar surface area (TPSA) is 84.7 Å². The molecule has 2 amide bonds. The van der Waals surface area contributed by atoms with E-state index in [0.29, 0.717) is 25.3 Å². The SMILES string of the molecule is CCNC(=O)[C@@H]1C[C@H](N)CN1C(=O)C(C)(C)Oc1ccc(C)cc1. The lowest BCUT2D eigenvalue weighted by Crippen LogP contribution is -2.54. The second-order valence-corrected chi connectivity index (χ2v) is 6.79. The summed E-state index contributed by atoms with van der Waals surface area (Å²) >= 11 is 0. The predicted molar refractivity (Wildman–Crippen MR) is 92.7 cm³/mol. The first kappa shape index (κ1) is 18.3. The minimum absolute atomic E-state index is 0.162. The molecule has 0 aromatic heterocycles. The second-order valence-electron chi connectivity index (χ2n) is 6.79. The zero-order chi connectivity index (χ0) is 17.9. The molecule has 2 rings (SSSR count). The third kappa shape index (κ3) is 4.06. The van der Waals surface area contributed by atoms with Crippen molar-refractivity contribution in [3.8, 4) is 5.75 Å². The van der Waals surface area contributed by atoms with E-state index in [1.54, 1.807) is 18.7 Å². The Morgan fingerprint density at radius 1 is 1.33 bits per heavy atom. The molecule has 1 aromatic carbocycles. The number of hydrogen-bond donors (Lipinski definition) is 2. The van der Waals surface area contributed by atoms with Gasteiger partial charge in [0.05, 0.1) is 0 Å². The first-order chi connectivity index (χ1) is 11.2. The van der Waals surface area contributed by atoms with Crippen LogP contribution in [0.3, 0.4) is 0 Å². The second kappa shape index (κ2) is 7.21. The Kier molecular flexibility index (Phi) is 5.49. The van der Waals surface area contributed by atoms with E-state index in [-0.39, 0.29) is 17.9 Å². The molecule has 0 aliphatic carbocycles. The molecule has 1 fully saturated rings. The van der Waals surface area contributed by atoms with Gasteiger partial charge in [-0.1, -0.05) is 17.7 Å². The van der Waals surface area contributed by atoms with Crippen molar-refractivity contribution in [2.75, 3.05) is 13.1 Å². The lowest BCUT2D eigenvalue weighted by atomic mass is 10.1. The maximum absolute atomic E-state index is 13.0. The quantitative estimate of drug-likeness (QED) is 0.848. The first-order valence-corrected chi connectivity index (χ1v) is 8.34. The summed E-state index contributed by atoms with van der Waals surface area (Å²) in [5.41, 5.74) is 6.02. The minimum Gasteiger partial charge on any atom is -0.478 e. The van der Waals surface area contributed by atoms with Crippen LogP contribution >= 0.6 is 0 Å². The number of amides is 2. The van der Waals surface area contributed by atoms with E-state index in [1.807, 2.05) is 38.1 Å². The summed E-state index contributed by atoms with van der Waals surface area (Å²) in [4.78, 5) is 26.7. The highest BCUT2D eigenvalue weighted by Crippen LogP contribution is 2.25. The normalized spacial score (nSPS) is 20.8. The summed E-state index contributed by atoms with van der Waals surface area (Å²) in [7, 11) is 0. The molecule has 6 nitrogen and oxygen atoms in total. The van der Waals surface area contributed by atoms with Gasteiger partial charge in [-0.25, -0.2) is 0 Å². The molecule has 1 heterocycles. The van der Waals surface area contributed by atoms with E-state index in [0.717, 1.165) is 5.56 Å². The Hall–Kier alpha value is -2.08. The fourth-order valence-electron chi connectivity index (χ4n) is 2.92. The van der Waals surface area contributed by atoms with Gasteiger partial charge in [0.25, 0.3) is 5.91 Å². The molecule has 0 spiro atoms. The summed E-state index contributed by atoms with van der Waals surface area (Å²) in [6.07, 6.45) is 0.470. The lowest BCUT2D eigenvalue weighted by Gasteiger charge is -2.33. The molecular weight excluding hydrogens is 306 g/mol. The van der Waals surface area contributed by atoms with E-state index >= 15 is 0 Å². The van der Waals surface area contributed by atoms with Gasteiger partial charge in [-0.15, -0.1) is 0 Å². The fourth-order valence-corrected chi connectivity index (χ4v) is 2.92. The van der Waals surface area contributed by atoms with Gasteiger partial charge < -0.3 is 20.7 Å². The summed E-state index contributed by atoms with van der Waals surface area (Å²) in [5, 5.41) is 2.77. The number of hydrogen-bond acceptors (Lipinski definition) is 4. The van der Waals surface area contributed by atoms with E-state index in [4.69, 9.17) is 10.5 Å². The van der Waals surface area contributed by atoms with Crippen molar-refractivity contribution >= 4 is 11.8 Å². The largest absolute Gasteiger partial charge is 0.478 e. The minimum atomic E-state index is -1.08. The summed E-state index contributed by atoms with van der Waals surface area (Å²) in [5.74, 6) is 0.231. The molecule has 3 N–H and O–H groups in total. The summed E-state index contributed by atoms with van der Waals surface area (Å²) < 4.78 is 5.89. The van der Waals surface area contributed by atoms with Crippen LogP contribution < -0.4 is 15.8 Å². The van der Waals surface area contributed by atoms with Crippen LogP contribution in [-0.4, -0.2) is 47.5 Å². The van der Waals surface area contributed by atoms with Crippen molar-refractivity contribution in [3.05, 3.63) is 29.8 Å². The van der Waals surface area contributed by atoms with Gasteiger partial charge in [0.1, 0.15) is 11.8 Å². The Morgan fingerprint density at radius 3 is 2.54 bits per heavy atom. The molecule has 132 valence electrons. The average Bonchev–Trinajstić information content (AvgIpc) is 2.91. The number of carbonyl (C=O) groups excluding carboxylic acids is 2. The van der Waals surface area contributed by atoms with Gasteiger partial charge in [0.15, 0.2) is 5.60 Å². The van der Waals surface area contributed by atoms with Crippen LogP contribution in [0.1, 0.15) is 32.8 Å². The number of nitrogens with one attached hydrogen (secondary N) is 1. The Labute approximate surface area is 143 Å². The van der Waals surface area contributed by atoms with Crippen LogP contribution in [0.25, 0.3) is 0 Å². The summed E-state index contributed by atoms with van der Waals surface area (Å²) in [6.45, 7) is 8.16. The van der Waals surface area contributed by atoms with Crippen LogP contribution in [0.4, 0.5) is 0 Å². The number of benzene rings is 1. The van der Waals surface area contributed by atoms with Gasteiger partial charge in [-0.3, -0.25) is 9.59 Å². The molecule has 2 atom stereocenters. The molecule has 1 aliphatic rings. The molecule has 1 aromatic rings. The van der Waals surface area contributed by atoms with Crippen LogP contribution in [0.5, 0.6) is 5.75 Å². The fraction of sp³-hybridized carbons (Fsp3) is 0.556. The number of rotatable bonds is 5. The van der Waals surface area contributed by atoms with E-state index < -0.39 is 11.6 Å². The van der Waals surface area contributed by atoms with Crippen LogP contribution in [0.2, 0.25) is 0 Å². The maximum Gasteiger partial charge on any atom is 0.266 e. The number of nitrogens with two attached hydrogens (primary N) is 1. The lowest BCUT2D eigenvalue weighted by molar-refractivity contribution is -0.149. The standard InChI is InChI=1S/C18H27N3O3/c1-5-20-16(22)15-10-13(19)11-21(15)17(23)18(3,4)24-14-8-6-12(2)7-9-14/h6-9,13,15H,5,10-11,19H2,1-4H3,(H,20,22)/t13-,15-/m0/s1. The van der Waals surface area contributed by atoms with E-state index in [1.165, 1.54) is 0 Å². The first-order valence-electron chi connectivity index (χ1n) is 8.34. The number of likely N-dealkylation sites (N-methyl/N-ethyl adjacent to an activating group) is 1. The van der Waals surface area contributed by atoms with Crippen molar-refractivity contribution in [1.82, 2.24) is 10.2 Å². The number of nitrogens with zero attached hydrogens (tertiary/aromatic N) is 1. The Balaban J connectivity index is 2.14. The summed E-state index contributed by atoms with van der Waals surface area (Å²) in [6, 6.07) is 6.80. The maximum atomic E-state index is 13.0. The Morgan fingerprint density at radius 2 is 1.96 bits per heavy atom. The van der Waals surface area contributed by atoms with Crippen molar-refractivity contribution in [2.24, 2.45) is 5.73 Å². The van der Waals surface area contributed by atoms with Crippen molar-refractivity contribution < 1.29 is 14.3 Å². The van der Waals surface area contributed by atoms with E-state index in [2.05, 4.69) is 5.32 Å². The Bertz CT molecular complexity index is 598. The highest BCUT2D eigenvalue weighted by atomic mass is 16.5.